The highest BCUT2D eigenvalue weighted by Gasteiger charge is 2.50. The molecule has 0 bridgehead atoms. The number of hydrogen-bond acceptors (Lipinski definition) is 4. The molecule has 6 heteroatoms. The van der Waals surface area contributed by atoms with Crippen molar-refractivity contribution in [1.29, 1.82) is 0 Å². The maximum Gasteiger partial charge on any atom is 0.277 e. The molecule has 5 nitrogen and oxygen atoms in total. The van der Waals surface area contributed by atoms with Gasteiger partial charge in [-0.2, -0.15) is 8.42 Å². The number of rotatable bonds is 2. The molecule has 1 saturated heterocycles. The average Bonchev–Trinajstić information content (AvgIpc) is 3.06. The van der Waals surface area contributed by atoms with Crippen molar-refractivity contribution in [2.45, 2.75) is 25.7 Å². The lowest BCUT2D eigenvalue weighted by atomic mass is 9.89. The Morgan fingerprint density at radius 1 is 1.00 bits per heavy atom. The van der Waals surface area contributed by atoms with Crippen LogP contribution in [0.4, 0.5) is 5.69 Å². The van der Waals surface area contributed by atoms with Crippen LogP contribution in [-0.2, 0) is 19.9 Å². The SMILES string of the molecule is O=C1C(=S(=O)=O)C(C2CCCC2)C(=O)N1c1ccccc1. The highest BCUT2D eigenvalue weighted by atomic mass is 32.2. The van der Waals surface area contributed by atoms with E-state index in [1.165, 1.54) is 0 Å². The molecule has 1 aromatic rings. The highest BCUT2D eigenvalue weighted by Crippen LogP contribution is 2.37. The van der Waals surface area contributed by atoms with Crippen molar-refractivity contribution < 1.29 is 18.0 Å². The van der Waals surface area contributed by atoms with Gasteiger partial charge in [-0.15, -0.1) is 0 Å². The summed E-state index contributed by atoms with van der Waals surface area (Å²) in [6.07, 6.45) is 3.56. The lowest BCUT2D eigenvalue weighted by molar-refractivity contribution is -0.123. The number of para-hydroxylation sites is 1. The number of carbonyl (C=O) groups is 2. The van der Waals surface area contributed by atoms with Gasteiger partial charge in [0, 0.05) is 0 Å². The monoisotopic (exact) mass is 305 g/mol. The zero-order valence-electron chi connectivity index (χ0n) is 11.4. The molecule has 0 spiro atoms. The molecule has 0 N–H and O–H groups in total. The third kappa shape index (κ3) is 2.29. The first kappa shape index (κ1) is 14.0. The van der Waals surface area contributed by atoms with Gasteiger partial charge in [0.1, 0.15) is 0 Å². The van der Waals surface area contributed by atoms with E-state index in [0.717, 1.165) is 30.6 Å². The van der Waals surface area contributed by atoms with Crippen molar-refractivity contribution in [1.82, 2.24) is 0 Å². The molecule has 1 heterocycles. The van der Waals surface area contributed by atoms with Gasteiger partial charge in [0.2, 0.25) is 16.2 Å². The van der Waals surface area contributed by atoms with Gasteiger partial charge in [0.05, 0.1) is 11.6 Å². The minimum absolute atomic E-state index is 0.0388. The quantitative estimate of drug-likeness (QED) is 0.612. The summed E-state index contributed by atoms with van der Waals surface area (Å²) in [5.74, 6) is -1.95. The normalized spacial score (nSPS) is 23.1. The molecule has 1 aliphatic carbocycles. The van der Waals surface area contributed by atoms with Crippen molar-refractivity contribution in [2.24, 2.45) is 11.8 Å². The van der Waals surface area contributed by atoms with Gasteiger partial charge in [0.25, 0.3) is 5.91 Å². The lowest BCUT2D eigenvalue weighted by Gasteiger charge is -2.17. The van der Waals surface area contributed by atoms with E-state index < -0.39 is 28.0 Å². The molecule has 2 fully saturated rings. The fraction of sp³-hybridized carbons (Fsp3) is 0.400. The van der Waals surface area contributed by atoms with E-state index in [1.807, 2.05) is 0 Å². The molecule has 2 amide bonds. The van der Waals surface area contributed by atoms with Crippen LogP contribution in [-0.4, -0.2) is 25.1 Å². The molecule has 3 rings (SSSR count). The maximum absolute atomic E-state index is 12.6. The Hall–Kier alpha value is -1.95. The van der Waals surface area contributed by atoms with E-state index >= 15 is 0 Å². The van der Waals surface area contributed by atoms with E-state index in [4.69, 9.17) is 0 Å². The lowest BCUT2D eigenvalue weighted by Crippen LogP contribution is -2.31. The van der Waals surface area contributed by atoms with E-state index in [9.17, 15) is 18.0 Å². The predicted octanol–water partition coefficient (Wildman–Crippen LogP) is 1.42. The first-order valence-corrected chi connectivity index (χ1v) is 8.08. The first-order chi connectivity index (χ1) is 10.1. The number of amides is 2. The molecule has 1 saturated carbocycles. The Kier molecular flexibility index (Phi) is 3.63. The summed E-state index contributed by atoms with van der Waals surface area (Å²) in [6.45, 7) is 0. The molecule has 0 radical (unpaired) electrons. The van der Waals surface area contributed by atoms with Gasteiger partial charge in [0.15, 0.2) is 4.86 Å². The van der Waals surface area contributed by atoms with E-state index in [1.54, 1.807) is 30.3 Å². The highest BCUT2D eigenvalue weighted by molar-refractivity contribution is 7.75. The Morgan fingerprint density at radius 2 is 1.62 bits per heavy atom. The van der Waals surface area contributed by atoms with Crippen molar-refractivity contribution >= 4 is 32.7 Å². The Labute approximate surface area is 124 Å². The number of nitrogens with zero attached hydrogens (tertiary/aromatic N) is 1. The third-order valence-corrected chi connectivity index (χ3v) is 5.04. The number of hydrogen-bond donors (Lipinski definition) is 0. The van der Waals surface area contributed by atoms with Crippen LogP contribution in [0.1, 0.15) is 25.7 Å². The number of carbonyl (C=O) groups excluding carboxylic acids is 2. The molecule has 1 aromatic carbocycles. The second-order valence-electron chi connectivity index (χ2n) is 5.44. The molecule has 1 aliphatic heterocycles. The van der Waals surface area contributed by atoms with Gasteiger partial charge in [-0.05, 0) is 30.9 Å². The zero-order valence-corrected chi connectivity index (χ0v) is 12.2. The molecular weight excluding hydrogens is 290 g/mol. The standard InChI is InChI=1S/C15H15NO4S/c17-14-12(10-6-4-5-7-10)13(21(19)20)15(18)16(14)11-8-2-1-3-9-11/h1-3,8-10,12H,4-7H2. The van der Waals surface area contributed by atoms with Crippen LogP contribution in [0.25, 0.3) is 0 Å². The zero-order chi connectivity index (χ0) is 15.0. The maximum atomic E-state index is 12.6. The predicted molar refractivity (Wildman–Crippen MR) is 78.3 cm³/mol. The third-order valence-electron chi connectivity index (χ3n) is 4.25. The summed E-state index contributed by atoms with van der Waals surface area (Å²) >= 11 is 0. The minimum atomic E-state index is -2.66. The molecular formula is C15H15NO4S. The fourth-order valence-corrected chi connectivity index (χ4v) is 4.03. The van der Waals surface area contributed by atoms with Crippen LogP contribution < -0.4 is 4.90 Å². The van der Waals surface area contributed by atoms with Crippen LogP contribution in [0.5, 0.6) is 0 Å². The van der Waals surface area contributed by atoms with Crippen LogP contribution >= 0.6 is 0 Å². The van der Waals surface area contributed by atoms with E-state index in [-0.39, 0.29) is 10.8 Å². The molecule has 21 heavy (non-hydrogen) atoms. The molecule has 1 unspecified atom stereocenters. The van der Waals surface area contributed by atoms with Gasteiger partial charge in [-0.25, -0.2) is 4.90 Å². The van der Waals surface area contributed by atoms with Crippen LogP contribution in [0.15, 0.2) is 30.3 Å². The summed E-state index contributed by atoms with van der Waals surface area (Å²) in [6, 6.07) is 8.48. The largest absolute Gasteiger partial charge is 0.277 e. The Balaban J connectivity index is 2.08. The number of imide groups is 1. The second kappa shape index (κ2) is 5.44. The van der Waals surface area contributed by atoms with Crippen molar-refractivity contribution in [2.75, 3.05) is 4.90 Å². The summed E-state index contributed by atoms with van der Waals surface area (Å²) in [5.41, 5.74) is 0.427. The van der Waals surface area contributed by atoms with Crippen LogP contribution in [0, 0.1) is 11.8 Å². The van der Waals surface area contributed by atoms with Gasteiger partial charge < -0.3 is 0 Å². The fourth-order valence-electron chi connectivity index (χ4n) is 3.30. The van der Waals surface area contributed by atoms with E-state index in [0.29, 0.717) is 5.69 Å². The molecule has 1 atom stereocenters. The van der Waals surface area contributed by atoms with Crippen molar-refractivity contribution in [3.63, 3.8) is 0 Å². The summed E-state index contributed by atoms with van der Waals surface area (Å²) < 4.78 is 22.9. The Bertz CT molecular complexity index is 709. The summed E-state index contributed by atoms with van der Waals surface area (Å²) in [4.78, 5) is 25.8. The summed E-state index contributed by atoms with van der Waals surface area (Å²) in [5, 5.41) is 0. The number of benzene rings is 1. The smallest absolute Gasteiger partial charge is 0.273 e. The number of anilines is 1. The molecule has 0 aromatic heterocycles. The van der Waals surface area contributed by atoms with Crippen LogP contribution in [0.2, 0.25) is 0 Å². The van der Waals surface area contributed by atoms with Gasteiger partial charge in [-0.1, -0.05) is 31.0 Å². The Morgan fingerprint density at radius 3 is 2.19 bits per heavy atom. The average molecular weight is 305 g/mol. The topological polar surface area (TPSA) is 71.5 Å². The first-order valence-electron chi connectivity index (χ1n) is 7.00. The van der Waals surface area contributed by atoms with Gasteiger partial charge >= 0.3 is 0 Å². The van der Waals surface area contributed by atoms with E-state index in [2.05, 4.69) is 0 Å². The van der Waals surface area contributed by atoms with Crippen LogP contribution in [0.3, 0.4) is 0 Å². The minimum Gasteiger partial charge on any atom is -0.273 e. The molecule has 2 aliphatic rings. The van der Waals surface area contributed by atoms with Crippen molar-refractivity contribution in [3.8, 4) is 0 Å². The van der Waals surface area contributed by atoms with Crippen molar-refractivity contribution in [3.05, 3.63) is 30.3 Å². The second-order valence-corrected chi connectivity index (χ2v) is 6.34. The van der Waals surface area contributed by atoms with Gasteiger partial charge in [-0.3, -0.25) is 9.59 Å². The molecule has 110 valence electrons. The summed E-state index contributed by atoms with van der Waals surface area (Å²) in [7, 11) is -2.66.